The van der Waals surface area contributed by atoms with E-state index in [4.69, 9.17) is 5.26 Å². The number of anilines is 1. The summed E-state index contributed by atoms with van der Waals surface area (Å²) in [5.74, 6) is -1.58. The third-order valence-electron chi connectivity index (χ3n) is 2.96. The molecule has 0 unspecified atom stereocenters. The molecule has 2 aromatic rings. The maximum absolute atomic E-state index is 13.2. The first-order chi connectivity index (χ1) is 10.4. The molecule has 0 aliphatic rings. The zero-order valence-electron chi connectivity index (χ0n) is 11.5. The first-order valence-corrected chi connectivity index (χ1v) is 6.13. The van der Waals surface area contributed by atoms with Crippen molar-refractivity contribution in [1.29, 1.82) is 5.26 Å². The highest BCUT2D eigenvalue weighted by Gasteiger charge is 2.17. The number of halogens is 2. The highest BCUT2D eigenvalue weighted by atomic mass is 19.2. The number of nitriles is 1. The summed E-state index contributed by atoms with van der Waals surface area (Å²) in [5, 5.41) is 19.6. The van der Waals surface area contributed by atoms with Crippen molar-refractivity contribution in [3.63, 3.8) is 0 Å². The van der Waals surface area contributed by atoms with Crippen molar-refractivity contribution in [3.05, 3.63) is 63.3 Å². The molecule has 2 rings (SSSR count). The summed E-state index contributed by atoms with van der Waals surface area (Å²) in [5.41, 5.74) is -0.188. The van der Waals surface area contributed by atoms with Crippen molar-refractivity contribution >= 4 is 11.5 Å². The molecule has 1 aromatic carbocycles. The Bertz CT molecular complexity index is 774. The molecule has 0 bridgehead atoms. The van der Waals surface area contributed by atoms with Crippen LogP contribution in [0.15, 0.2) is 30.3 Å². The van der Waals surface area contributed by atoms with Crippen molar-refractivity contribution in [2.24, 2.45) is 0 Å². The molecule has 0 spiro atoms. The molecule has 0 N–H and O–H groups in total. The van der Waals surface area contributed by atoms with Gasteiger partial charge < -0.3 is 4.90 Å². The average molecular weight is 304 g/mol. The lowest BCUT2D eigenvalue weighted by atomic mass is 10.2. The molecule has 8 heteroatoms. The highest BCUT2D eigenvalue weighted by molar-refractivity contribution is 5.51. The Hall–Kier alpha value is -3.08. The fraction of sp³-hybridized carbons (Fsp3) is 0.143. The van der Waals surface area contributed by atoms with E-state index in [1.54, 1.807) is 18.0 Å². The number of aromatic nitrogens is 1. The molecule has 0 fully saturated rings. The SMILES string of the molecule is CN(Cc1ccc(F)c(F)c1)c1ccc([N+](=O)[O-])c(C#N)n1. The van der Waals surface area contributed by atoms with Gasteiger partial charge in [-0.3, -0.25) is 10.1 Å². The minimum Gasteiger partial charge on any atom is -0.355 e. The summed E-state index contributed by atoms with van der Waals surface area (Å²) < 4.78 is 26.0. The number of rotatable bonds is 4. The molecule has 0 atom stereocenters. The van der Waals surface area contributed by atoms with Crippen LogP contribution >= 0.6 is 0 Å². The van der Waals surface area contributed by atoms with Gasteiger partial charge in [-0.05, 0) is 23.8 Å². The minimum absolute atomic E-state index is 0.201. The van der Waals surface area contributed by atoms with Crippen molar-refractivity contribution in [2.75, 3.05) is 11.9 Å². The van der Waals surface area contributed by atoms with E-state index in [1.807, 2.05) is 0 Å². The van der Waals surface area contributed by atoms with Gasteiger partial charge in [0.05, 0.1) is 4.92 Å². The zero-order valence-corrected chi connectivity index (χ0v) is 11.5. The molecule has 0 saturated heterocycles. The van der Waals surface area contributed by atoms with E-state index < -0.39 is 16.6 Å². The molecular weight excluding hydrogens is 294 g/mol. The Kier molecular flexibility index (Phi) is 4.27. The van der Waals surface area contributed by atoms with E-state index in [9.17, 15) is 18.9 Å². The molecule has 6 nitrogen and oxygen atoms in total. The van der Waals surface area contributed by atoms with Crippen LogP contribution in [0.25, 0.3) is 0 Å². The predicted octanol–water partition coefficient (Wildman–Crippen LogP) is 2.78. The standard InChI is InChI=1S/C14H10F2N4O2/c1-19(8-9-2-3-10(15)11(16)6-9)14-5-4-13(20(21)22)12(7-17)18-14/h2-6H,8H2,1H3. The van der Waals surface area contributed by atoms with Crippen molar-refractivity contribution in [2.45, 2.75) is 6.54 Å². The van der Waals surface area contributed by atoms with Crippen molar-refractivity contribution in [3.8, 4) is 6.07 Å². The van der Waals surface area contributed by atoms with Crippen LogP contribution in [0.1, 0.15) is 11.3 Å². The Morgan fingerprint density at radius 1 is 1.32 bits per heavy atom. The van der Waals surface area contributed by atoms with Crippen molar-refractivity contribution in [1.82, 2.24) is 4.98 Å². The van der Waals surface area contributed by atoms with Gasteiger partial charge in [-0.25, -0.2) is 13.8 Å². The third kappa shape index (κ3) is 3.15. The summed E-state index contributed by atoms with van der Waals surface area (Å²) in [6.45, 7) is 0.201. The number of pyridine rings is 1. The average Bonchev–Trinajstić information content (AvgIpc) is 2.50. The number of nitrogens with zero attached hydrogens (tertiary/aromatic N) is 4. The Balaban J connectivity index is 2.26. The second-order valence-corrected chi connectivity index (χ2v) is 4.51. The van der Waals surface area contributed by atoms with Crippen LogP contribution in [0.5, 0.6) is 0 Å². The van der Waals surface area contributed by atoms with Crippen LogP contribution < -0.4 is 4.90 Å². The third-order valence-corrected chi connectivity index (χ3v) is 2.96. The first-order valence-electron chi connectivity index (χ1n) is 6.13. The topological polar surface area (TPSA) is 83.1 Å². The molecule has 112 valence electrons. The summed E-state index contributed by atoms with van der Waals surface area (Å²) in [4.78, 5) is 15.5. The summed E-state index contributed by atoms with van der Waals surface area (Å²) in [6.07, 6.45) is 0. The predicted molar refractivity (Wildman–Crippen MR) is 74.1 cm³/mol. The summed E-state index contributed by atoms with van der Waals surface area (Å²) in [7, 11) is 1.62. The Labute approximate surface area is 124 Å². The van der Waals surface area contributed by atoms with E-state index in [0.717, 1.165) is 12.1 Å². The number of hydrogen-bond donors (Lipinski definition) is 0. The van der Waals surface area contributed by atoms with E-state index in [1.165, 1.54) is 18.2 Å². The smallest absolute Gasteiger partial charge is 0.305 e. The lowest BCUT2D eigenvalue weighted by molar-refractivity contribution is -0.385. The summed E-state index contributed by atoms with van der Waals surface area (Å²) in [6, 6.07) is 7.73. The first kappa shape index (κ1) is 15.3. The van der Waals surface area contributed by atoms with Crippen LogP contribution in [0.3, 0.4) is 0 Å². The highest BCUT2D eigenvalue weighted by Crippen LogP contribution is 2.21. The fourth-order valence-corrected chi connectivity index (χ4v) is 1.88. The van der Waals surface area contributed by atoms with Crippen LogP contribution in [0.2, 0.25) is 0 Å². The van der Waals surface area contributed by atoms with Gasteiger partial charge in [0.1, 0.15) is 11.9 Å². The van der Waals surface area contributed by atoms with Gasteiger partial charge >= 0.3 is 5.69 Å². The molecule has 0 amide bonds. The van der Waals surface area contributed by atoms with Gasteiger partial charge in [-0.15, -0.1) is 0 Å². The van der Waals surface area contributed by atoms with E-state index in [-0.39, 0.29) is 17.9 Å². The van der Waals surface area contributed by atoms with Gasteiger partial charge in [0.15, 0.2) is 11.6 Å². The van der Waals surface area contributed by atoms with Gasteiger partial charge in [-0.1, -0.05) is 6.07 Å². The van der Waals surface area contributed by atoms with Crippen molar-refractivity contribution < 1.29 is 13.7 Å². The number of hydrogen-bond acceptors (Lipinski definition) is 5. The number of nitro groups is 1. The Morgan fingerprint density at radius 2 is 2.05 bits per heavy atom. The Morgan fingerprint density at radius 3 is 2.64 bits per heavy atom. The molecule has 22 heavy (non-hydrogen) atoms. The van der Waals surface area contributed by atoms with E-state index in [0.29, 0.717) is 11.4 Å². The fourth-order valence-electron chi connectivity index (χ4n) is 1.88. The van der Waals surface area contributed by atoms with Crippen LogP contribution in [-0.4, -0.2) is 17.0 Å². The largest absolute Gasteiger partial charge is 0.355 e. The maximum Gasteiger partial charge on any atom is 0.305 e. The lowest BCUT2D eigenvalue weighted by Gasteiger charge is -2.18. The monoisotopic (exact) mass is 304 g/mol. The molecule has 0 aliphatic carbocycles. The zero-order chi connectivity index (χ0) is 16.3. The van der Waals surface area contributed by atoms with E-state index in [2.05, 4.69) is 4.98 Å². The van der Waals surface area contributed by atoms with Gasteiger partial charge in [-0.2, -0.15) is 5.26 Å². The quantitative estimate of drug-likeness (QED) is 0.640. The van der Waals surface area contributed by atoms with Gasteiger partial charge in [0.25, 0.3) is 0 Å². The van der Waals surface area contributed by atoms with E-state index >= 15 is 0 Å². The number of benzene rings is 1. The van der Waals surface area contributed by atoms with Crippen LogP contribution in [0.4, 0.5) is 20.3 Å². The summed E-state index contributed by atoms with van der Waals surface area (Å²) >= 11 is 0. The molecule has 0 radical (unpaired) electrons. The molecule has 1 aromatic heterocycles. The van der Waals surface area contributed by atoms with Crippen LogP contribution in [0, 0.1) is 33.1 Å². The maximum atomic E-state index is 13.2. The normalized spacial score (nSPS) is 10.1. The minimum atomic E-state index is -0.958. The lowest BCUT2D eigenvalue weighted by Crippen LogP contribution is -2.18. The van der Waals surface area contributed by atoms with Gasteiger partial charge in [0.2, 0.25) is 5.69 Å². The molecule has 0 aliphatic heterocycles. The molecule has 0 saturated carbocycles. The second-order valence-electron chi connectivity index (χ2n) is 4.51. The molecular formula is C14H10F2N4O2. The molecule has 1 heterocycles. The van der Waals surface area contributed by atoms with Crippen LogP contribution in [-0.2, 0) is 6.54 Å². The van der Waals surface area contributed by atoms with Gasteiger partial charge in [0, 0.05) is 19.7 Å². The second kappa shape index (κ2) is 6.13.